The summed E-state index contributed by atoms with van der Waals surface area (Å²) in [6, 6.07) is 3.74. The fourth-order valence-electron chi connectivity index (χ4n) is 1.42. The van der Waals surface area contributed by atoms with Gasteiger partial charge < -0.3 is 5.73 Å². The molecule has 0 aliphatic heterocycles. The normalized spacial score (nSPS) is 10.9. The number of halogens is 4. The van der Waals surface area contributed by atoms with Gasteiger partial charge in [0.15, 0.2) is 23.3 Å². The fraction of sp³-hybridized carbons (Fsp3) is 0. The molecule has 0 amide bonds. The van der Waals surface area contributed by atoms with Crippen LogP contribution in [0.15, 0.2) is 18.2 Å². The average Bonchev–Trinajstić information content (AvgIpc) is 2.23. The van der Waals surface area contributed by atoms with E-state index in [0.717, 1.165) is 6.07 Å². The Morgan fingerprint density at radius 1 is 0.800 bits per heavy atom. The van der Waals surface area contributed by atoms with E-state index in [4.69, 9.17) is 5.73 Å². The van der Waals surface area contributed by atoms with E-state index >= 15 is 0 Å². The second-order valence-corrected chi connectivity index (χ2v) is 3.03. The van der Waals surface area contributed by atoms with E-state index in [1.807, 2.05) is 0 Å². The standard InChI is InChI=1S/C10H5F4N/c11-7-4-2-1-3-5(15)6(4)8(12)10(14)9(7)13/h1-3H,15H2. The van der Waals surface area contributed by atoms with Gasteiger partial charge in [-0.25, -0.2) is 17.6 Å². The van der Waals surface area contributed by atoms with Crippen molar-refractivity contribution in [3.8, 4) is 0 Å². The minimum atomic E-state index is -1.85. The minimum Gasteiger partial charge on any atom is -0.398 e. The topological polar surface area (TPSA) is 26.0 Å². The lowest BCUT2D eigenvalue weighted by Gasteiger charge is -2.06. The number of hydrogen-bond acceptors (Lipinski definition) is 1. The van der Waals surface area contributed by atoms with Gasteiger partial charge in [0.25, 0.3) is 0 Å². The van der Waals surface area contributed by atoms with Gasteiger partial charge in [0.05, 0.1) is 0 Å². The van der Waals surface area contributed by atoms with Gasteiger partial charge >= 0.3 is 0 Å². The maximum absolute atomic E-state index is 13.2. The molecule has 0 heterocycles. The largest absolute Gasteiger partial charge is 0.398 e. The first-order valence-corrected chi connectivity index (χ1v) is 4.04. The Balaban J connectivity index is 3.08. The van der Waals surface area contributed by atoms with Crippen molar-refractivity contribution in [3.63, 3.8) is 0 Å². The highest BCUT2D eigenvalue weighted by Crippen LogP contribution is 2.30. The zero-order valence-electron chi connectivity index (χ0n) is 7.32. The molecule has 2 N–H and O–H groups in total. The van der Waals surface area contributed by atoms with E-state index in [0.29, 0.717) is 0 Å². The van der Waals surface area contributed by atoms with Crippen molar-refractivity contribution in [1.82, 2.24) is 0 Å². The molecule has 0 spiro atoms. The SMILES string of the molecule is Nc1cccc2c(F)c(F)c(F)c(F)c12. The molecule has 78 valence electrons. The van der Waals surface area contributed by atoms with Crippen LogP contribution >= 0.6 is 0 Å². The Morgan fingerprint density at radius 3 is 2.07 bits per heavy atom. The summed E-state index contributed by atoms with van der Waals surface area (Å²) >= 11 is 0. The van der Waals surface area contributed by atoms with Gasteiger partial charge in [-0.15, -0.1) is 0 Å². The second kappa shape index (κ2) is 3.12. The van der Waals surface area contributed by atoms with Gasteiger partial charge in [0, 0.05) is 16.5 Å². The third-order valence-electron chi connectivity index (χ3n) is 2.13. The molecule has 0 bridgehead atoms. The maximum Gasteiger partial charge on any atom is 0.198 e. The van der Waals surface area contributed by atoms with E-state index in [1.54, 1.807) is 0 Å². The van der Waals surface area contributed by atoms with Crippen LogP contribution in [0.5, 0.6) is 0 Å². The molecule has 0 aliphatic rings. The highest BCUT2D eigenvalue weighted by molar-refractivity contribution is 5.93. The van der Waals surface area contributed by atoms with E-state index in [1.165, 1.54) is 12.1 Å². The molecule has 2 aromatic carbocycles. The summed E-state index contributed by atoms with van der Waals surface area (Å²) in [5, 5.41) is -0.805. The summed E-state index contributed by atoms with van der Waals surface area (Å²) in [7, 11) is 0. The lowest BCUT2D eigenvalue weighted by atomic mass is 10.1. The van der Waals surface area contributed by atoms with Crippen molar-refractivity contribution in [1.29, 1.82) is 0 Å². The molecule has 15 heavy (non-hydrogen) atoms. The number of nitrogen functional groups attached to an aromatic ring is 1. The van der Waals surface area contributed by atoms with E-state index in [2.05, 4.69) is 0 Å². The van der Waals surface area contributed by atoms with Gasteiger partial charge in [0.1, 0.15) is 0 Å². The molecule has 5 heteroatoms. The number of rotatable bonds is 0. The Kier molecular flexibility index (Phi) is 2.03. The predicted octanol–water partition coefficient (Wildman–Crippen LogP) is 2.98. The van der Waals surface area contributed by atoms with Gasteiger partial charge in [-0.2, -0.15) is 0 Å². The van der Waals surface area contributed by atoms with Crippen LogP contribution in [0.3, 0.4) is 0 Å². The second-order valence-electron chi connectivity index (χ2n) is 3.03. The van der Waals surface area contributed by atoms with Crippen LogP contribution in [0.2, 0.25) is 0 Å². The molecular formula is C10H5F4N. The molecule has 1 nitrogen and oxygen atoms in total. The van der Waals surface area contributed by atoms with Gasteiger partial charge in [-0.1, -0.05) is 12.1 Å². The molecule has 0 atom stereocenters. The Morgan fingerprint density at radius 2 is 1.40 bits per heavy atom. The number of fused-ring (bicyclic) bond motifs is 1. The van der Waals surface area contributed by atoms with Crippen molar-refractivity contribution in [3.05, 3.63) is 41.5 Å². The van der Waals surface area contributed by atoms with Crippen LogP contribution in [0, 0.1) is 23.3 Å². The predicted molar refractivity (Wildman–Crippen MR) is 48.2 cm³/mol. The molecular weight excluding hydrogens is 210 g/mol. The van der Waals surface area contributed by atoms with Crippen LogP contribution in [-0.4, -0.2) is 0 Å². The van der Waals surface area contributed by atoms with Crippen molar-refractivity contribution in [2.45, 2.75) is 0 Å². The monoisotopic (exact) mass is 215 g/mol. The van der Waals surface area contributed by atoms with Gasteiger partial charge in [0.2, 0.25) is 0 Å². The van der Waals surface area contributed by atoms with Crippen LogP contribution in [0.25, 0.3) is 10.8 Å². The number of benzene rings is 2. The van der Waals surface area contributed by atoms with E-state index in [-0.39, 0.29) is 11.1 Å². The zero-order valence-corrected chi connectivity index (χ0v) is 7.32. The van der Waals surface area contributed by atoms with Crippen LogP contribution < -0.4 is 5.73 Å². The summed E-state index contributed by atoms with van der Waals surface area (Å²) in [4.78, 5) is 0. The first-order chi connectivity index (χ1) is 7.04. The lowest BCUT2D eigenvalue weighted by Crippen LogP contribution is -2.00. The van der Waals surface area contributed by atoms with E-state index in [9.17, 15) is 17.6 Å². The summed E-state index contributed by atoms with van der Waals surface area (Å²) in [6.45, 7) is 0. The highest BCUT2D eigenvalue weighted by Gasteiger charge is 2.21. The van der Waals surface area contributed by atoms with Gasteiger partial charge in [-0.05, 0) is 6.07 Å². The minimum absolute atomic E-state index is 0.136. The number of hydrogen-bond donors (Lipinski definition) is 1. The van der Waals surface area contributed by atoms with Crippen molar-refractivity contribution >= 4 is 16.5 Å². The quantitative estimate of drug-likeness (QED) is 0.311. The number of nitrogens with two attached hydrogens (primary N) is 1. The fourth-order valence-corrected chi connectivity index (χ4v) is 1.42. The Hall–Kier alpha value is -1.78. The zero-order chi connectivity index (χ0) is 11.2. The molecule has 0 saturated carbocycles. The summed E-state index contributed by atoms with van der Waals surface area (Å²) in [5.41, 5.74) is 5.21. The highest BCUT2D eigenvalue weighted by atomic mass is 19.2. The molecule has 0 aromatic heterocycles. The molecule has 0 unspecified atom stereocenters. The molecule has 0 saturated heterocycles. The third kappa shape index (κ3) is 1.23. The first kappa shape index (κ1) is 9.76. The summed E-state index contributed by atoms with van der Waals surface area (Å²) < 4.78 is 52.1. The van der Waals surface area contributed by atoms with Gasteiger partial charge in [-0.3, -0.25) is 0 Å². The Labute approximate surface area is 82.1 Å². The molecule has 0 aliphatic carbocycles. The summed E-state index contributed by atoms with van der Waals surface area (Å²) in [5.74, 6) is -6.58. The van der Waals surface area contributed by atoms with Crippen molar-refractivity contribution < 1.29 is 17.6 Å². The van der Waals surface area contributed by atoms with Crippen LogP contribution in [0.4, 0.5) is 23.2 Å². The average molecular weight is 215 g/mol. The summed E-state index contributed by atoms with van der Waals surface area (Å²) in [6.07, 6.45) is 0. The van der Waals surface area contributed by atoms with Crippen LogP contribution in [-0.2, 0) is 0 Å². The van der Waals surface area contributed by atoms with Crippen molar-refractivity contribution in [2.75, 3.05) is 5.73 Å². The maximum atomic E-state index is 13.2. The molecule has 0 fully saturated rings. The molecule has 2 aromatic rings. The van der Waals surface area contributed by atoms with Crippen molar-refractivity contribution in [2.24, 2.45) is 0 Å². The first-order valence-electron chi connectivity index (χ1n) is 4.04. The lowest BCUT2D eigenvalue weighted by molar-refractivity contribution is 0.418. The number of anilines is 1. The third-order valence-corrected chi connectivity index (χ3v) is 2.13. The van der Waals surface area contributed by atoms with E-state index < -0.39 is 28.7 Å². The Bertz CT molecular complexity index is 551. The smallest absolute Gasteiger partial charge is 0.198 e. The molecule has 0 radical (unpaired) electrons. The van der Waals surface area contributed by atoms with Crippen LogP contribution in [0.1, 0.15) is 0 Å². The molecule has 2 rings (SSSR count).